The minimum absolute atomic E-state index is 0.114. The van der Waals surface area contributed by atoms with Crippen LogP contribution in [0, 0.1) is 19.7 Å². The van der Waals surface area contributed by atoms with Crippen LogP contribution in [-0.4, -0.2) is 12.1 Å². The standard InChI is InChI=1S/C19H16F4O2/c1-10-5-11(2)7-13(6-10)17(19(21,22)23)25-18(24)16-8-12-3-4-14(20)9-15(12)16/h3-7,9,16-17H,8H2,1-2H3. The van der Waals surface area contributed by atoms with E-state index in [9.17, 15) is 22.4 Å². The number of carbonyl (C=O) groups excluding carboxylic acids is 1. The molecule has 132 valence electrons. The number of alkyl halides is 3. The van der Waals surface area contributed by atoms with Gasteiger partial charge in [0.2, 0.25) is 6.10 Å². The molecule has 0 amide bonds. The highest BCUT2D eigenvalue weighted by Crippen LogP contribution is 2.41. The average Bonchev–Trinajstić information content (AvgIpc) is 2.46. The van der Waals surface area contributed by atoms with Crippen LogP contribution in [0.25, 0.3) is 0 Å². The van der Waals surface area contributed by atoms with Gasteiger partial charge >= 0.3 is 12.1 Å². The number of rotatable bonds is 3. The Morgan fingerprint density at radius 1 is 1.12 bits per heavy atom. The molecule has 0 spiro atoms. The molecule has 3 rings (SSSR count). The van der Waals surface area contributed by atoms with Gasteiger partial charge in [-0.15, -0.1) is 0 Å². The smallest absolute Gasteiger partial charge is 0.429 e. The summed E-state index contributed by atoms with van der Waals surface area (Å²) in [5.74, 6) is -2.38. The predicted molar refractivity (Wildman–Crippen MR) is 83.6 cm³/mol. The van der Waals surface area contributed by atoms with Crippen molar-refractivity contribution < 1.29 is 27.1 Å². The molecule has 1 aliphatic rings. The molecule has 0 aromatic heterocycles. The van der Waals surface area contributed by atoms with Crippen LogP contribution < -0.4 is 0 Å². The lowest BCUT2D eigenvalue weighted by Crippen LogP contribution is -2.32. The van der Waals surface area contributed by atoms with Gasteiger partial charge in [0.1, 0.15) is 5.82 Å². The molecule has 25 heavy (non-hydrogen) atoms. The highest BCUT2D eigenvalue weighted by Gasteiger charge is 2.46. The van der Waals surface area contributed by atoms with Crippen LogP contribution in [0.2, 0.25) is 0 Å². The Morgan fingerprint density at radius 2 is 1.76 bits per heavy atom. The van der Waals surface area contributed by atoms with Crippen molar-refractivity contribution in [3.63, 3.8) is 0 Å². The average molecular weight is 352 g/mol. The molecule has 0 aliphatic heterocycles. The summed E-state index contributed by atoms with van der Waals surface area (Å²) in [6.07, 6.45) is -6.81. The fourth-order valence-corrected chi connectivity index (χ4v) is 3.17. The van der Waals surface area contributed by atoms with Gasteiger partial charge in [-0.25, -0.2) is 4.39 Å². The molecule has 2 aromatic carbocycles. The highest BCUT2D eigenvalue weighted by atomic mass is 19.4. The Labute approximate surface area is 142 Å². The molecule has 0 heterocycles. The van der Waals surface area contributed by atoms with Crippen molar-refractivity contribution in [3.05, 3.63) is 70.0 Å². The summed E-state index contributed by atoms with van der Waals surface area (Å²) in [7, 11) is 0. The summed E-state index contributed by atoms with van der Waals surface area (Å²) >= 11 is 0. The molecule has 0 bridgehead atoms. The monoisotopic (exact) mass is 352 g/mol. The van der Waals surface area contributed by atoms with Gasteiger partial charge in [0.15, 0.2) is 0 Å². The SMILES string of the molecule is Cc1cc(C)cc(C(OC(=O)C2Cc3ccc(F)cc32)C(F)(F)F)c1. The number of benzene rings is 2. The van der Waals surface area contributed by atoms with Crippen LogP contribution in [-0.2, 0) is 16.0 Å². The summed E-state index contributed by atoms with van der Waals surface area (Å²) in [5, 5.41) is 0. The third-order valence-electron chi connectivity index (χ3n) is 4.27. The molecule has 0 fully saturated rings. The second kappa shape index (κ2) is 6.17. The fourth-order valence-electron chi connectivity index (χ4n) is 3.17. The first kappa shape index (κ1) is 17.5. The Balaban J connectivity index is 1.86. The molecular weight excluding hydrogens is 336 g/mol. The van der Waals surface area contributed by atoms with E-state index in [1.165, 1.54) is 30.3 Å². The second-order valence-electron chi connectivity index (χ2n) is 6.38. The highest BCUT2D eigenvalue weighted by molar-refractivity contribution is 5.82. The largest absolute Gasteiger partial charge is 0.447 e. The molecule has 2 atom stereocenters. The van der Waals surface area contributed by atoms with Crippen LogP contribution in [0.1, 0.15) is 39.8 Å². The minimum Gasteiger partial charge on any atom is -0.447 e. The summed E-state index contributed by atoms with van der Waals surface area (Å²) in [6.45, 7) is 3.35. The van der Waals surface area contributed by atoms with Gasteiger partial charge in [0, 0.05) is 5.56 Å². The lowest BCUT2D eigenvalue weighted by molar-refractivity contribution is -0.225. The molecule has 6 heteroatoms. The zero-order chi connectivity index (χ0) is 18.4. The zero-order valence-electron chi connectivity index (χ0n) is 13.7. The van der Waals surface area contributed by atoms with Crippen LogP contribution in [0.3, 0.4) is 0 Å². The van der Waals surface area contributed by atoms with Crippen LogP contribution in [0.15, 0.2) is 36.4 Å². The van der Waals surface area contributed by atoms with Gasteiger partial charge in [0.25, 0.3) is 0 Å². The van der Waals surface area contributed by atoms with Gasteiger partial charge in [-0.3, -0.25) is 4.79 Å². The van der Waals surface area contributed by atoms with Crippen molar-refractivity contribution >= 4 is 5.97 Å². The van der Waals surface area contributed by atoms with Crippen molar-refractivity contribution in [3.8, 4) is 0 Å². The van der Waals surface area contributed by atoms with Gasteiger partial charge in [-0.1, -0.05) is 35.4 Å². The predicted octanol–water partition coefficient (Wildman–Crippen LogP) is 4.93. The Kier molecular flexibility index (Phi) is 4.31. The van der Waals surface area contributed by atoms with Gasteiger partial charge in [0.05, 0.1) is 5.92 Å². The number of carbonyl (C=O) groups is 1. The van der Waals surface area contributed by atoms with Crippen LogP contribution in [0.4, 0.5) is 17.6 Å². The van der Waals surface area contributed by atoms with Crippen molar-refractivity contribution in [2.75, 3.05) is 0 Å². The molecule has 1 aliphatic carbocycles. The number of fused-ring (bicyclic) bond motifs is 1. The minimum atomic E-state index is -4.73. The van der Waals surface area contributed by atoms with E-state index in [0.717, 1.165) is 5.56 Å². The molecular formula is C19H16F4O2. The van der Waals surface area contributed by atoms with Crippen molar-refractivity contribution in [1.82, 2.24) is 0 Å². The van der Waals surface area contributed by atoms with Crippen molar-refractivity contribution in [2.45, 2.75) is 38.5 Å². The maximum Gasteiger partial charge on any atom is 0.429 e. The Hall–Kier alpha value is -2.37. The van der Waals surface area contributed by atoms with E-state index in [-0.39, 0.29) is 12.0 Å². The lowest BCUT2D eigenvalue weighted by atomic mass is 9.77. The van der Waals surface area contributed by atoms with E-state index >= 15 is 0 Å². The maximum absolute atomic E-state index is 13.4. The fraction of sp³-hybridized carbons (Fsp3) is 0.316. The summed E-state index contributed by atoms with van der Waals surface area (Å²) < 4.78 is 58.4. The zero-order valence-corrected chi connectivity index (χ0v) is 13.7. The first-order valence-electron chi connectivity index (χ1n) is 7.79. The molecule has 0 saturated heterocycles. The summed E-state index contributed by atoms with van der Waals surface area (Å²) in [4.78, 5) is 12.3. The number of ether oxygens (including phenoxy) is 1. The van der Waals surface area contributed by atoms with Gasteiger partial charge in [-0.05, 0) is 43.5 Å². The first-order chi connectivity index (χ1) is 11.6. The van der Waals surface area contributed by atoms with Crippen molar-refractivity contribution in [2.24, 2.45) is 0 Å². The Bertz CT molecular complexity index is 806. The molecule has 2 unspecified atom stereocenters. The molecule has 0 radical (unpaired) electrons. The van der Waals surface area contributed by atoms with E-state index < -0.39 is 30.0 Å². The molecule has 0 saturated carbocycles. The third kappa shape index (κ3) is 3.52. The normalized spacial score (nSPS) is 17.4. The van der Waals surface area contributed by atoms with E-state index in [1.54, 1.807) is 19.9 Å². The van der Waals surface area contributed by atoms with Gasteiger partial charge in [-0.2, -0.15) is 13.2 Å². The topological polar surface area (TPSA) is 26.3 Å². The van der Waals surface area contributed by atoms with E-state index in [1.807, 2.05) is 0 Å². The summed E-state index contributed by atoms with van der Waals surface area (Å²) in [5.41, 5.74) is 2.33. The summed E-state index contributed by atoms with van der Waals surface area (Å²) in [6, 6.07) is 8.40. The lowest BCUT2D eigenvalue weighted by Gasteiger charge is -2.30. The first-order valence-corrected chi connectivity index (χ1v) is 7.79. The van der Waals surface area contributed by atoms with E-state index in [2.05, 4.69) is 0 Å². The van der Waals surface area contributed by atoms with E-state index in [0.29, 0.717) is 16.7 Å². The number of esters is 1. The number of hydrogen-bond donors (Lipinski definition) is 0. The van der Waals surface area contributed by atoms with E-state index in [4.69, 9.17) is 4.74 Å². The Morgan fingerprint density at radius 3 is 2.36 bits per heavy atom. The van der Waals surface area contributed by atoms with Gasteiger partial charge < -0.3 is 4.74 Å². The quantitative estimate of drug-likeness (QED) is 0.578. The third-order valence-corrected chi connectivity index (χ3v) is 4.27. The number of halogens is 4. The number of aryl methyl sites for hydroxylation is 2. The van der Waals surface area contributed by atoms with Crippen LogP contribution in [0.5, 0.6) is 0 Å². The second-order valence-corrected chi connectivity index (χ2v) is 6.38. The molecule has 2 aromatic rings. The number of hydrogen-bond acceptors (Lipinski definition) is 2. The molecule has 2 nitrogen and oxygen atoms in total. The van der Waals surface area contributed by atoms with Crippen LogP contribution >= 0.6 is 0 Å². The van der Waals surface area contributed by atoms with Crippen molar-refractivity contribution in [1.29, 1.82) is 0 Å². The molecule has 0 N–H and O–H groups in total. The maximum atomic E-state index is 13.4.